The lowest BCUT2D eigenvalue weighted by atomic mass is 10.1. The number of ether oxygens (including phenoxy) is 1. The molecule has 0 unspecified atom stereocenters. The number of carbonyl (C=O) groups excluding carboxylic acids is 1. The van der Waals surface area contributed by atoms with Gasteiger partial charge in [-0.15, -0.1) is 0 Å². The van der Waals surface area contributed by atoms with E-state index in [9.17, 15) is 13.2 Å². The summed E-state index contributed by atoms with van der Waals surface area (Å²) in [4.78, 5) is 12.8. The first-order valence-corrected chi connectivity index (χ1v) is 11.8. The first-order valence-electron chi connectivity index (χ1n) is 10.4. The highest BCUT2D eigenvalue weighted by molar-refractivity contribution is 7.92. The van der Waals surface area contributed by atoms with Crippen LogP contribution in [0.15, 0.2) is 82.8 Å². The molecule has 34 heavy (non-hydrogen) atoms. The Morgan fingerprint density at radius 1 is 1.09 bits per heavy atom. The van der Waals surface area contributed by atoms with E-state index in [-0.39, 0.29) is 11.5 Å². The molecule has 1 N–H and O–H groups in total. The molecule has 0 aliphatic rings. The second-order valence-corrected chi connectivity index (χ2v) is 9.29. The molecule has 8 nitrogen and oxygen atoms in total. The zero-order valence-corrected chi connectivity index (χ0v) is 19.6. The second-order valence-electron chi connectivity index (χ2n) is 7.42. The van der Waals surface area contributed by atoms with E-state index in [2.05, 4.69) is 10.5 Å². The van der Waals surface area contributed by atoms with Crippen molar-refractivity contribution in [2.24, 2.45) is 5.10 Å². The Labute approximate surface area is 199 Å². The number of nitrogens with one attached hydrogen (secondary N) is 1. The van der Waals surface area contributed by atoms with Crippen molar-refractivity contribution in [3.8, 4) is 11.8 Å². The summed E-state index contributed by atoms with van der Waals surface area (Å²) < 4.78 is 33.0. The molecule has 0 atom stereocenters. The second kappa shape index (κ2) is 11.1. The zero-order valence-electron chi connectivity index (χ0n) is 18.8. The Morgan fingerprint density at radius 3 is 2.44 bits per heavy atom. The number of rotatable bonds is 9. The zero-order chi connectivity index (χ0) is 24.6. The maximum Gasteiger partial charge on any atom is 0.264 e. The molecule has 0 aliphatic carbocycles. The molecule has 0 spiro atoms. The lowest BCUT2D eigenvalue weighted by molar-refractivity contribution is -0.119. The van der Waals surface area contributed by atoms with Crippen LogP contribution < -0.4 is 14.5 Å². The average molecular weight is 477 g/mol. The molecule has 174 valence electrons. The number of sulfonamides is 1. The molecule has 3 rings (SSSR count). The van der Waals surface area contributed by atoms with Crippen molar-refractivity contribution in [1.29, 1.82) is 5.26 Å². The van der Waals surface area contributed by atoms with Gasteiger partial charge in [0.05, 0.1) is 16.8 Å². The number of aryl methyl sites for hydroxylation is 2. The van der Waals surface area contributed by atoms with Crippen LogP contribution in [-0.4, -0.2) is 33.7 Å². The van der Waals surface area contributed by atoms with E-state index >= 15 is 0 Å². The van der Waals surface area contributed by atoms with E-state index in [0.29, 0.717) is 17.0 Å². The lowest BCUT2D eigenvalue weighted by Crippen LogP contribution is -2.40. The minimum Gasteiger partial charge on any atom is -0.479 e. The van der Waals surface area contributed by atoms with Crippen LogP contribution in [0.3, 0.4) is 0 Å². The van der Waals surface area contributed by atoms with Crippen LogP contribution >= 0.6 is 0 Å². The molecule has 3 aromatic rings. The third-order valence-corrected chi connectivity index (χ3v) is 6.60. The van der Waals surface area contributed by atoms with Crippen LogP contribution in [0.4, 0.5) is 5.69 Å². The van der Waals surface area contributed by atoms with Gasteiger partial charge in [-0.2, -0.15) is 10.4 Å². The van der Waals surface area contributed by atoms with Crippen LogP contribution in [0.2, 0.25) is 0 Å². The number of carbonyl (C=O) groups is 1. The fraction of sp³-hybridized carbons (Fsp3) is 0.160. The Morgan fingerprint density at radius 2 is 1.79 bits per heavy atom. The number of hydrogen-bond donors (Lipinski definition) is 1. The van der Waals surface area contributed by atoms with Crippen LogP contribution in [0.25, 0.3) is 0 Å². The molecular formula is C25H24N4O4S. The highest BCUT2D eigenvalue weighted by Crippen LogP contribution is 2.27. The van der Waals surface area contributed by atoms with Gasteiger partial charge in [0.15, 0.2) is 6.61 Å². The summed E-state index contributed by atoms with van der Waals surface area (Å²) in [6.45, 7) is 3.22. The molecule has 0 saturated heterocycles. The Bertz CT molecular complexity index is 1320. The number of amides is 1. The summed E-state index contributed by atoms with van der Waals surface area (Å²) in [6, 6.07) is 22.0. The summed E-state index contributed by atoms with van der Waals surface area (Å²) in [5, 5.41) is 12.5. The average Bonchev–Trinajstić information content (AvgIpc) is 2.83. The SMILES string of the molecule is Cc1ccc(N(CC(=O)N/N=C\c2ccc(OCC#N)cc2)S(=O)(=O)c2ccccc2)c(C)c1. The monoisotopic (exact) mass is 476 g/mol. The number of hydrogen-bond acceptors (Lipinski definition) is 6. The van der Waals surface area contributed by atoms with Crippen molar-refractivity contribution in [2.45, 2.75) is 18.7 Å². The van der Waals surface area contributed by atoms with Gasteiger partial charge >= 0.3 is 0 Å². The molecule has 9 heteroatoms. The van der Waals surface area contributed by atoms with Crippen LogP contribution in [0, 0.1) is 25.2 Å². The molecule has 0 bridgehead atoms. The van der Waals surface area contributed by atoms with E-state index in [0.717, 1.165) is 15.4 Å². The summed E-state index contributed by atoms with van der Waals surface area (Å²) in [7, 11) is -3.99. The van der Waals surface area contributed by atoms with Crippen molar-refractivity contribution in [3.05, 3.63) is 89.5 Å². The molecule has 0 saturated carbocycles. The van der Waals surface area contributed by atoms with Gasteiger partial charge in [0.1, 0.15) is 18.4 Å². The Kier molecular flexibility index (Phi) is 8.01. The van der Waals surface area contributed by atoms with Gasteiger partial charge in [0.2, 0.25) is 0 Å². The highest BCUT2D eigenvalue weighted by Gasteiger charge is 2.28. The fourth-order valence-corrected chi connectivity index (χ4v) is 4.72. The van der Waals surface area contributed by atoms with Gasteiger partial charge < -0.3 is 4.74 Å². The summed E-state index contributed by atoms with van der Waals surface area (Å²) in [6.07, 6.45) is 1.43. The molecule has 0 fully saturated rings. The molecule has 1 amide bonds. The predicted octanol–water partition coefficient (Wildman–Crippen LogP) is 3.55. The van der Waals surface area contributed by atoms with Crippen LogP contribution in [0.1, 0.15) is 16.7 Å². The summed E-state index contributed by atoms with van der Waals surface area (Å²) in [5.74, 6) is -0.0531. The Hall–Kier alpha value is -4.16. The van der Waals surface area contributed by atoms with E-state index < -0.39 is 22.5 Å². The minimum absolute atomic E-state index is 0.0493. The molecule has 0 aromatic heterocycles. The lowest BCUT2D eigenvalue weighted by Gasteiger charge is -2.25. The molecular weight excluding hydrogens is 452 g/mol. The van der Waals surface area contributed by atoms with Gasteiger partial charge in [0, 0.05) is 0 Å². The van der Waals surface area contributed by atoms with Crippen molar-refractivity contribution >= 4 is 27.8 Å². The first kappa shape index (κ1) is 24.5. The van der Waals surface area contributed by atoms with Crippen molar-refractivity contribution in [2.75, 3.05) is 17.5 Å². The summed E-state index contributed by atoms with van der Waals surface area (Å²) in [5.41, 5.74) is 5.20. The van der Waals surface area contributed by atoms with E-state index in [1.54, 1.807) is 61.5 Å². The molecule has 3 aromatic carbocycles. The fourth-order valence-electron chi connectivity index (χ4n) is 3.21. The molecule has 0 heterocycles. The van der Waals surface area contributed by atoms with Gasteiger partial charge in [-0.3, -0.25) is 9.10 Å². The normalized spacial score (nSPS) is 11.1. The number of hydrazone groups is 1. The standard InChI is InChI=1S/C25H24N4O4S/c1-19-8-13-24(20(2)16-19)29(34(31,32)23-6-4-3-5-7-23)18-25(30)28-27-17-21-9-11-22(12-10-21)33-15-14-26/h3-13,16-17H,15,18H2,1-2H3,(H,28,30)/b27-17-. The van der Waals surface area contributed by atoms with Crippen molar-refractivity contribution in [3.63, 3.8) is 0 Å². The summed E-state index contributed by atoms with van der Waals surface area (Å²) >= 11 is 0. The third-order valence-electron chi connectivity index (χ3n) is 4.83. The largest absolute Gasteiger partial charge is 0.479 e. The van der Waals surface area contributed by atoms with E-state index in [1.807, 2.05) is 19.1 Å². The van der Waals surface area contributed by atoms with Crippen molar-refractivity contribution < 1.29 is 17.9 Å². The molecule has 0 radical (unpaired) electrons. The van der Waals surface area contributed by atoms with E-state index in [1.165, 1.54) is 18.3 Å². The van der Waals surface area contributed by atoms with Crippen LogP contribution in [-0.2, 0) is 14.8 Å². The highest BCUT2D eigenvalue weighted by atomic mass is 32.2. The maximum atomic E-state index is 13.4. The van der Waals surface area contributed by atoms with Gasteiger partial charge in [-0.25, -0.2) is 13.8 Å². The van der Waals surface area contributed by atoms with E-state index in [4.69, 9.17) is 10.00 Å². The third kappa shape index (κ3) is 6.21. The predicted molar refractivity (Wildman–Crippen MR) is 130 cm³/mol. The molecule has 0 aliphatic heterocycles. The number of nitriles is 1. The number of anilines is 1. The van der Waals surface area contributed by atoms with Gasteiger partial charge in [0.25, 0.3) is 15.9 Å². The quantitative estimate of drug-likeness (QED) is 0.375. The van der Waals surface area contributed by atoms with Gasteiger partial charge in [-0.05, 0) is 67.4 Å². The van der Waals surface area contributed by atoms with Crippen molar-refractivity contribution in [1.82, 2.24) is 5.43 Å². The maximum absolute atomic E-state index is 13.4. The first-order chi connectivity index (χ1) is 16.3. The minimum atomic E-state index is -3.99. The topological polar surface area (TPSA) is 112 Å². The smallest absolute Gasteiger partial charge is 0.264 e. The number of nitrogens with zero attached hydrogens (tertiary/aromatic N) is 3. The van der Waals surface area contributed by atoms with Crippen LogP contribution in [0.5, 0.6) is 5.75 Å². The van der Waals surface area contributed by atoms with Gasteiger partial charge in [-0.1, -0.05) is 35.9 Å². The Balaban J connectivity index is 1.78. The number of benzene rings is 3.